The number of piperidine rings is 1. The Bertz CT molecular complexity index is 383. The monoisotopic (exact) mass is 306 g/mol. The van der Waals surface area contributed by atoms with Gasteiger partial charge in [0.15, 0.2) is 0 Å². The van der Waals surface area contributed by atoms with Gasteiger partial charge in [-0.2, -0.15) is 0 Å². The molecule has 4 heteroatoms. The molecule has 3 aliphatic rings. The molecule has 0 bridgehead atoms. The fourth-order valence-corrected chi connectivity index (χ4v) is 3.93. The first-order valence-electron chi connectivity index (χ1n) is 9.08. The molecule has 2 atom stereocenters. The van der Waals surface area contributed by atoms with Gasteiger partial charge in [-0.1, -0.05) is 12.2 Å². The average molecular weight is 306 g/mol. The van der Waals surface area contributed by atoms with Gasteiger partial charge in [0, 0.05) is 25.6 Å². The highest BCUT2D eigenvalue weighted by atomic mass is 16.5. The smallest absolute Gasteiger partial charge is 0.223 e. The van der Waals surface area contributed by atoms with E-state index in [9.17, 15) is 4.79 Å². The van der Waals surface area contributed by atoms with Gasteiger partial charge >= 0.3 is 0 Å². The molecule has 3 rings (SSSR count). The maximum absolute atomic E-state index is 12.3. The molecule has 0 aromatic heterocycles. The van der Waals surface area contributed by atoms with Gasteiger partial charge in [0.1, 0.15) is 0 Å². The van der Waals surface area contributed by atoms with Gasteiger partial charge in [-0.25, -0.2) is 0 Å². The molecule has 4 nitrogen and oxygen atoms in total. The van der Waals surface area contributed by atoms with E-state index in [1.807, 2.05) is 0 Å². The summed E-state index contributed by atoms with van der Waals surface area (Å²) in [5, 5.41) is 3.10. The third-order valence-corrected chi connectivity index (χ3v) is 5.38. The van der Waals surface area contributed by atoms with Crippen molar-refractivity contribution in [3.8, 4) is 0 Å². The summed E-state index contributed by atoms with van der Waals surface area (Å²) < 4.78 is 5.56. The third kappa shape index (κ3) is 4.56. The topological polar surface area (TPSA) is 41.6 Å². The molecule has 1 N–H and O–H groups in total. The van der Waals surface area contributed by atoms with Crippen molar-refractivity contribution in [2.24, 2.45) is 11.8 Å². The first-order valence-corrected chi connectivity index (χ1v) is 9.08. The van der Waals surface area contributed by atoms with Crippen LogP contribution in [0, 0.1) is 11.8 Å². The fourth-order valence-electron chi connectivity index (χ4n) is 3.93. The lowest BCUT2D eigenvalue weighted by atomic mass is 9.91. The average Bonchev–Trinajstić information content (AvgIpc) is 3.08. The third-order valence-electron chi connectivity index (χ3n) is 5.38. The molecule has 2 heterocycles. The molecule has 22 heavy (non-hydrogen) atoms. The Morgan fingerprint density at radius 1 is 1.18 bits per heavy atom. The number of carbonyl (C=O) groups excluding carboxylic acids is 1. The summed E-state index contributed by atoms with van der Waals surface area (Å²) in [7, 11) is 0. The first kappa shape index (κ1) is 16.0. The second-order valence-corrected chi connectivity index (χ2v) is 7.11. The Morgan fingerprint density at radius 3 is 2.73 bits per heavy atom. The standard InChI is InChI=1S/C18H30N2O2/c21-18(19-13-17-7-4-12-22-17)16-8-10-20(11-9-16)14-15-5-2-1-3-6-15/h1-2,15-17H,3-14H2,(H,19,21). The minimum atomic E-state index is 0.212. The zero-order valence-corrected chi connectivity index (χ0v) is 13.6. The van der Waals surface area contributed by atoms with E-state index in [2.05, 4.69) is 22.4 Å². The van der Waals surface area contributed by atoms with Crippen molar-refractivity contribution in [1.29, 1.82) is 0 Å². The maximum Gasteiger partial charge on any atom is 0.223 e. The number of nitrogens with one attached hydrogen (secondary N) is 1. The van der Waals surface area contributed by atoms with E-state index < -0.39 is 0 Å². The summed E-state index contributed by atoms with van der Waals surface area (Å²) in [6, 6.07) is 0. The van der Waals surface area contributed by atoms with Crippen molar-refractivity contribution in [3.63, 3.8) is 0 Å². The van der Waals surface area contributed by atoms with Crippen LogP contribution in [-0.4, -0.2) is 49.7 Å². The van der Waals surface area contributed by atoms with Crippen LogP contribution in [0.5, 0.6) is 0 Å². The van der Waals surface area contributed by atoms with Crippen molar-refractivity contribution < 1.29 is 9.53 Å². The molecule has 0 aromatic carbocycles. The molecule has 0 radical (unpaired) electrons. The Kier molecular flexibility index (Phi) is 5.90. The predicted octanol–water partition coefficient (Wildman–Crippen LogP) is 2.35. The SMILES string of the molecule is O=C(NCC1CCCO1)C1CCN(CC2CC=CCC2)CC1. The van der Waals surface area contributed by atoms with E-state index >= 15 is 0 Å². The number of amides is 1. The normalized spacial score (nSPS) is 30.5. The van der Waals surface area contributed by atoms with Crippen molar-refractivity contribution in [2.75, 3.05) is 32.8 Å². The highest BCUT2D eigenvalue weighted by molar-refractivity contribution is 5.78. The van der Waals surface area contributed by atoms with E-state index in [4.69, 9.17) is 4.74 Å². The minimum Gasteiger partial charge on any atom is -0.376 e. The number of rotatable bonds is 5. The van der Waals surface area contributed by atoms with Gasteiger partial charge in [0.2, 0.25) is 5.91 Å². The lowest BCUT2D eigenvalue weighted by Gasteiger charge is -2.34. The van der Waals surface area contributed by atoms with E-state index in [0.29, 0.717) is 6.54 Å². The molecule has 0 saturated carbocycles. The molecule has 0 spiro atoms. The molecular weight excluding hydrogens is 276 g/mol. The molecule has 1 amide bonds. The van der Waals surface area contributed by atoms with Crippen LogP contribution in [-0.2, 0) is 9.53 Å². The van der Waals surface area contributed by atoms with Crippen molar-refractivity contribution in [1.82, 2.24) is 10.2 Å². The summed E-state index contributed by atoms with van der Waals surface area (Å²) in [5.41, 5.74) is 0. The predicted molar refractivity (Wildman–Crippen MR) is 87.6 cm³/mol. The lowest BCUT2D eigenvalue weighted by Crippen LogP contribution is -2.43. The van der Waals surface area contributed by atoms with Gasteiger partial charge in [0.25, 0.3) is 0 Å². The second-order valence-electron chi connectivity index (χ2n) is 7.11. The summed E-state index contributed by atoms with van der Waals surface area (Å²) in [6.07, 6.45) is 13.0. The summed E-state index contributed by atoms with van der Waals surface area (Å²) >= 11 is 0. The largest absolute Gasteiger partial charge is 0.376 e. The van der Waals surface area contributed by atoms with Crippen LogP contribution in [0.25, 0.3) is 0 Å². The number of ether oxygens (including phenoxy) is 1. The lowest BCUT2D eigenvalue weighted by molar-refractivity contribution is -0.127. The Hall–Kier alpha value is -0.870. The van der Waals surface area contributed by atoms with Crippen LogP contribution >= 0.6 is 0 Å². The second kappa shape index (κ2) is 8.11. The Balaban J connectivity index is 1.33. The minimum absolute atomic E-state index is 0.212. The van der Waals surface area contributed by atoms with E-state index in [1.54, 1.807) is 0 Å². The molecule has 1 aliphatic carbocycles. The summed E-state index contributed by atoms with van der Waals surface area (Å²) in [6.45, 7) is 4.94. The van der Waals surface area contributed by atoms with E-state index in [-0.39, 0.29) is 17.9 Å². The number of nitrogens with zero attached hydrogens (tertiary/aromatic N) is 1. The number of carbonyl (C=O) groups is 1. The maximum atomic E-state index is 12.3. The number of hydrogen-bond donors (Lipinski definition) is 1. The number of allylic oxidation sites excluding steroid dienone is 2. The fraction of sp³-hybridized carbons (Fsp3) is 0.833. The molecular formula is C18H30N2O2. The molecule has 2 saturated heterocycles. The quantitative estimate of drug-likeness (QED) is 0.793. The first-order chi connectivity index (χ1) is 10.8. The van der Waals surface area contributed by atoms with Gasteiger partial charge in [-0.05, 0) is 64.0 Å². The Labute approximate surface area is 134 Å². The molecule has 2 unspecified atom stereocenters. The molecule has 2 aliphatic heterocycles. The highest BCUT2D eigenvalue weighted by Gasteiger charge is 2.27. The van der Waals surface area contributed by atoms with Crippen LogP contribution in [0.4, 0.5) is 0 Å². The molecule has 2 fully saturated rings. The van der Waals surface area contributed by atoms with Gasteiger partial charge in [0.05, 0.1) is 6.10 Å². The highest BCUT2D eigenvalue weighted by Crippen LogP contribution is 2.23. The Morgan fingerprint density at radius 2 is 2.05 bits per heavy atom. The van der Waals surface area contributed by atoms with Crippen molar-refractivity contribution in [2.45, 2.75) is 51.0 Å². The number of hydrogen-bond acceptors (Lipinski definition) is 3. The van der Waals surface area contributed by atoms with E-state index in [1.165, 1.54) is 25.8 Å². The van der Waals surface area contributed by atoms with Crippen LogP contribution in [0.3, 0.4) is 0 Å². The number of likely N-dealkylation sites (tertiary alicyclic amines) is 1. The summed E-state index contributed by atoms with van der Waals surface area (Å²) in [5.74, 6) is 1.29. The van der Waals surface area contributed by atoms with Crippen LogP contribution in [0.1, 0.15) is 44.9 Å². The van der Waals surface area contributed by atoms with Gasteiger partial charge in [-0.15, -0.1) is 0 Å². The molecule has 124 valence electrons. The van der Waals surface area contributed by atoms with Crippen LogP contribution in [0.2, 0.25) is 0 Å². The van der Waals surface area contributed by atoms with Crippen LogP contribution in [0.15, 0.2) is 12.2 Å². The summed E-state index contributed by atoms with van der Waals surface area (Å²) in [4.78, 5) is 14.8. The van der Waals surface area contributed by atoms with Gasteiger partial charge < -0.3 is 15.0 Å². The van der Waals surface area contributed by atoms with E-state index in [0.717, 1.165) is 51.3 Å². The molecule has 0 aromatic rings. The zero-order chi connectivity index (χ0) is 15.2. The zero-order valence-electron chi connectivity index (χ0n) is 13.6. The van der Waals surface area contributed by atoms with Gasteiger partial charge in [-0.3, -0.25) is 4.79 Å². The van der Waals surface area contributed by atoms with Crippen molar-refractivity contribution in [3.05, 3.63) is 12.2 Å². The van der Waals surface area contributed by atoms with Crippen molar-refractivity contribution >= 4 is 5.91 Å². The van der Waals surface area contributed by atoms with Crippen LogP contribution < -0.4 is 5.32 Å².